The zero-order valence-corrected chi connectivity index (χ0v) is 18.8. The van der Waals surface area contributed by atoms with E-state index < -0.39 is 10.2 Å². The van der Waals surface area contributed by atoms with E-state index in [1.54, 1.807) is 18.3 Å². The van der Waals surface area contributed by atoms with Gasteiger partial charge in [0.05, 0.1) is 25.1 Å². The molecule has 168 valence electrons. The van der Waals surface area contributed by atoms with Crippen molar-refractivity contribution in [2.24, 2.45) is 5.16 Å². The summed E-state index contributed by atoms with van der Waals surface area (Å²) in [5.74, 6) is 1.17. The first-order valence-corrected chi connectivity index (χ1v) is 11.9. The van der Waals surface area contributed by atoms with Gasteiger partial charge in [0.1, 0.15) is 12.4 Å². The van der Waals surface area contributed by atoms with Crippen molar-refractivity contribution in [1.82, 2.24) is 14.5 Å². The van der Waals surface area contributed by atoms with Crippen LogP contribution in [0.2, 0.25) is 0 Å². The van der Waals surface area contributed by atoms with Crippen LogP contribution in [-0.2, 0) is 15.0 Å². The molecule has 0 aliphatic carbocycles. The predicted octanol–water partition coefficient (Wildman–Crippen LogP) is 2.77. The summed E-state index contributed by atoms with van der Waals surface area (Å²) in [7, 11) is -3.53. The number of aryl methyl sites for hydroxylation is 1. The Morgan fingerprint density at radius 3 is 2.58 bits per heavy atom. The zero-order chi connectivity index (χ0) is 22.1. The molecule has 0 saturated carbocycles. The molecule has 1 aliphatic heterocycles. The largest absolute Gasteiger partial charge is 0.494 e. The highest BCUT2D eigenvalue weighted by molar-refractivity contribution is 7.90. The maximum Gasteiger partial charge on any atom is 0.305 e. The normalized spacial score (nSPS) is 16.1. The summed E-state index contributed by atoms with van der Waals surface area (Å²) in [5.41, 5.74) is 1.70. The predicted molar refractivity (Wildman–Crippen MR) is 120 cm³/mol. The quantitative estimate of drug-likeness (QED) is 0.298. The molecule has 2 heterocycles. The summed E-state index contributed by atoms with van der Waals surface area (Å²) in [5, 5.41) is 11.8. The van der Waals surface area contributed by atoms with Crippen LogP contribution in [0.5, 0.6) is 5.75 Å². The number of aromatic nitrogens is 2. The van der Waals surface area contributed by atoms with E-state index >= 15 is 0 Å². The molecule has 1 fully saturated rings. The fraction of sp³-hybridized carbons (Fsp3) is 0.476. The van der Waals surface area contributed by atoms with E-state index in [0.717, 1.165) is 36.3 Å². The van der Waals surface area contributed by atoms with Gasteiger partial charge < -0.3 is 9.57 Å². The number of hydrogen-bond acceptors (Lipinski definition) is 7. The van der Waals surface area contributed by atoms with Gasteiger partial charge in [0, 0.05) is 13.1 Å². The third-order valence-corrected chi connectivity index (χ3v) is 6.75. The minimum atomic E-state index is -3.53. The first kappa shape index (κ1) is 23.0. The Balaban J connectivity index is 1.36. The number of unbranched alkanes of at least 4 members (excludes halogenated alkanes) is 2. The molecular formula is C21H29N5O4S. The second kappa shape index (κ2) is 11.1. The monoisotopic (exact) mass is 447 g/mol. The van der Waals surface area contributed by atoms with Gasteiger partial charge in [-0.05, 0) is 75.1 Å². The van der Waals surface area contributed by atoms with Gasteiger partial charge in [-0.25, -0.2) is 4.31 Å². The highest BCUT2D eigenvalue weighted by Crippen LogP contribution is 2.23. The zero-order valence-electron chi connectivity index (χ0n) is 18.0. The highest BCUT2D eigenvalue weighted by atomic mass is 32.2. The molecule has 10 heteroatoms. The number of hydrogen-bond donors (Lipinski definition) is 0. The topological polar surface area (TPSA) is 97.2 Å². The SMILES string of the molecule is CCO/N=C/c1ccc(OCCCCCN2CCN(c3ccc(C)nn3)S2(=O)=O)cc1. The minimum absolute atomic E-state index is 0.372. The van der Waals surface area contributed by atoms with E-state index in [4.69, 9.17) is 9.57 Å². The van der Waals surface area contributed by atoms with Gasteiger partial charge >= 0.3 is 10.2 Å². The van der Waals surface area contributed by atoms with Crippen LogP contribution in [0.3, 0.4) is 0 Å². The fourth-order valence-electron chi connectivity index (χ4n) is 3.14. The van der Waals surface area contributed by atoms with E-state index in [2.05, 4.69) is 15.4 Å². The summed E-state index contributed by atoms with van der Waals surface area (Å²) in [6.45, 7) is 6.19. The van der Waals surface area contributed by atoms with Crippen molar-refractivity contribution in [3.63, 3.8) is 0 Å². The van der Waals surface area contributed by atoms with E-state index in [1.165, 1.54) is 8.61 Å². The Morgan fingerprint density at radius 1 is 1.06 bits per heavy atom. The molecule has 3 rings (SSSR count). The number of benzene rings is 1. The van der Waals surface area contributed by atoms with Crippen LogP contribution < -0.4 is 9.04 Å². The van der Waals surface area contributed by atoms with Crippen LogP contribution in [0.15, 0.2) is 41.6 Å². The molecule has 2 aromatic rings. The fourth-order valence-corrected chi connectivity index (χ4v) is 4.73. The second-order valence-corrected chi connectivity index (χ2v) is 9.00. The molecule has 0 unspecified atom stereocenters. The lowest BCUT2D eigenvalue weighted by Gasteiger charge is -2.18. The van der Waals surface area contributed by atoms with E-state index in [1.807, 2.05) is 38.1 Å². The van der Waals surface area contributed by atoms with Gasteiger partial charge in [-0.3, -0.25) is 0 Å². The Morgan fingerprint density at radius 2 is 1.87 bits per heavy atom. The van der Waals surface area contributed by atoms with Crippen molar-refractivity contribution in [2.45, 2.75) is 33.1 Å². The smallest absolute Gasteiger partial charge is 0.305 e. The molecule has 0 spiro atoms. The first-order valence-electron chi connectivity index (χ1n) is 10.5. The van der Waals surface area contributed by atoms with E-state index in [-0.39, 0.29) is 0 Å². The number of ether oxygens (including phenoxy) is 1. The number of anilines is 1. The third kappa shape index (κ3) is 6.38. The van der Waals surface area contributed by atoms with Crippen LogP contribution in [0.4, 0.5) is 5.82 Å². The summed E-state index contributed by atoms with van der Waals surface area (Å²) in [6, 6.07) is 11.1. The van der Waals surface area contributed by atoms with Gasteiger partial charge in [-0.1, -0.05) is 5.16 Å². The van der Waals surface area contributed by atoms with Crippen molar-refractivity contribution < 1.29 is 18.0 Å². The maximum atomic E-state index is 12.7. The second-order valence-electron chi connectivity index (χ2n) is 7.14. The molecule has 9 nitrogen and oxygen atoms in total. The van der Waals surface area contributed by atoms with Gasteiger partial charge in [0.15, 0.2) is 5.82 Å². The Bertz CT molecular complexity index is 949. The Kier molecular flexibility index (Phi) is 8.19. The number of nitrogens with zero attached hydrogens (tertiary/aromatic N) is 5. The van der Waals surface area contributed by atoms with Gasteiger partial charge in [0.25, 0.3) is 0 Å². The van der Waals surface area contributed by atoms with E-state index in [0.29, 0.717) is 38.7 Å². The van der Waals surface area contributed by atoms with Crippen LogP contribution in [0, 0.1) is 6.92 Å². The van der Waals surface area contributed by atoms with Crippen molar-refractivity contribution in [3.05, 3.63) is 47.7 Å². The Hall–Kier alpha value is -2.72. The molecule has 1 aliphatic rings. The average molecular weight is 448 g/mol. The van der Waals surface area contributed by atoms with Crippen molar-refractivity contribution in [1.29, 1.82) is 0 Å². The summed E-state index contributed by atoms with van der Waals surface area (Å²) in [4.78, 5) is 4.94. The molecular weight excluding hydrogens is 418 g/mol. The van der Waals surface area contributed by atoms with Crippen molar-refractivity contribution >= 4 is 22.2 Å². The molecule has 0 bridgehead atoms. The molecule has 1 saturated heterocycles. The van der Waals surface area contributed by atoms with Crippen LogP contribution in [-0.4, -0.2) is 62.0 Å². The standard InChI is InChI=1S/C21H29N5O4S/c1-3-30-22-17-19-8-10-20(11-9-19)29-16-6-4-5-13-25-14-15-26(31(25,27)28)21-12-7-18(2)23-24-21/h7-12,17H,3-6,13-16H2,1-2H3/b22-17+. The molecule has 0 radical (unpaired) electrons. The summed E-state index contributed by atoms with van der Waals surface area (Å²) >= 11 is 0. The molecule has 0 atom stereocenters. The van der Waals surface area contributed by atoms with Crippen LogP contribution in [0.1, 0.15) is 37.4 Å². The number of oxime groups is 1. The maximum absolute atomic E-state index is 12.7. The minimum Gasteiger partial charge on any atom is -0.494 e. The molecule has 1 aromatic carbocycles. The van der Waals surface area contributed by atoms with Gasteiger partial charge in [0.2, 0.25) is 0 Å². The molecule has 0 amide bonds. The molecule has 1 aromatic heterocycles. The summed E-state index contributed by atoms with van der Waals surface area (Å²) in [6.07, 6.45) is 4.18. The number of rotatable bonds is 11. The Labute approximate surface area is 183 Å². The average Bonchev–Trinajstić information content (AvgIpc) is 3.06. The van der Waals surface area contributed by atoms with Gasteiger partial charge in [-0.2, -0.15) is 17.8 Å². The molecule has 0 N–H and O–H groups in total. The van der Waals surface area contributed by atoms with Crippen molar-refractivity contribution in [2.75, 3.05) is 37.2 Å². The lowest BCUT2D eigenvalue weighted by molar-refractivity contribution is 0.160. The molecule has 31 heavy (non-hydrogen) atoms. The van der Waals surface area contributed by atoms with Crippen LogP contribution >= 0.6 is 0 Å². The summed E-state index contributed by atoms with van der Waals surface area (Å²) < 4.78 is 34.1. The van der Waals surface area contributed by atoms with Crippen molar-refractivity contribution in [3.8, 4) is 5.75 Å². The van der Waals surface area contributed by atoms with E-state index in [9.17, 15) is 8.42 Å². The third-order valence-electron chi connectivity index (χ3n) is 4.80. The van der Waals surface area contributed by atoms with Gasteiger partial charge in [-0.15, -0.1) is 5.10 Å². The highest BCUT2D eigenvalue weighted by Gasteiger charge is 2.37. The lowest BCUT2D eigenvalue weighted by Crippen LogP contribution is -2.34. The van der Waals surface area contributed by atoms with Crippen LogP contribution in [0.25, 0.3) is 0 Å². The first-order chi connectivity index (χ1) is 15.0. The lowest BCUT2D eigenvalue weighted by atomic mass is 10.2.